The molecule has 1 N–H and O–H groups in total. The van der Waals surface area contributed by atoms with E-state index in [9.17, 15) is 8.42 Å². The zero-order chi connectivity index (χ0) is 16.5. The summed E-state index contributed by atoms with van der Waals surface area (Å²) in [5.74, 6) is 0. The van der Waals surface area contributed by atoms with E-state index in [1.54, 1.807) is 0 Å². The van der Waals surface area contributed by atoms with Crippen LogP contribution in [-0.4, -0.2) is 27.9 Å². The molecule has 0 spiro atoms. The molecule has 3 aromatic rings. The number of benzene rings is 1. The maximum Gasteiger partial charge on any atom is 0.312 e. The normalized spacial score (nSPS) is 10.0. The first kappa shape index (κ1) is 20.1. The van der Waals surface area contributed by atoms with Gasteiger partial charge in [-0.1, -0.05) is 6.07 Å². The summed E-state index contributed by atoms with van der Waals surface area (Å²) in [5.41, 5.74) is 2.27. The fourth-order valence-electron chi connectivity index (χ4n) is 1.67. The topological polar surface area (TPSA) is 93.0 Å². The molecule has 0 fully saturated rings. The van der Waals surface area contributed by atoms with Crippen molar-refractivity contribution in [2.24, 2.45) is 0 Å². The van der Waals surface area contributed by atoms with Crippen molar-refractivity contribution in [1.29, 1.82) is 0 Å². The van der Waals surface area contributed by atoms with Crippen molar-refractivity contribution in [3.05, 3.63) is 84.6 Å². The molecule has 0 aliphatic heterocycles. The van der Waals surface area contributed by atoms with Gasteiger partial charge < -0.3 is 0 Å². The van der Waals surface area contributed by atoms with Crippen molar-refractivity contribution >= 4 is 10.1 Å². The molecule has 3 rings (SSSR count). The molecule has 1 radical (unpaired) electrons. The molecule has 127 valence electrons. The number of nitrogens with zero attached hydrogens (tertiary/aromatic N) is 3. The molecule has 0 bridgehead atoms. The average Bonchev–Trinajstić information content (AvgIpc) is 2.57. The maximum atomic E-state index is 10.3. The first-order valence-corrected chi connectivity index (χ1v) is 8.09. The first-order valence-electron chi connectivity index (χ1n) is 6.65. The minimum Gasteiger partial charge on any atom is -0.281 e. The number of hydrogen-bond donors (Lipinski definition) is 1. The Morgan fingerprint density at radius 2 is 1.79 bits per heavy atom. The Morgan fingerprint density at radius 3 is 2.29 bits per heavy atom. The largest absolute Gasteiger partial charge is 0.312 e. The van der Waals surface area contributed by atoms with Crippen molar-refractivity contribution in [3.8, 4) is 0 Å². The summed E-state index contributed by atoms with van der Waals surface area (Å²) in [6.07, 6.45) is 4.96. The molecule has 0 saturated heterocycles. The molecular weight excluding hydrogens is 506 g/mol. The number of rotatable bonds is 3. The van der Waals surface area contributed by atoms with Crippen molar-refractivity contribution in [2.45, 2.75) is 11.4 Å². The van der Waals surface area contributed by atoms with E-state index in [1.807, 2.05) is 42.6 Å². The van der Waals surface area contributed by atoms with Gasteiger partial charge in [0.2, 0.25) is 0 Å². The third-order valence-electron chi connectivity index (χ3n) is 2.69. The molecular formula is C16H14IrN3O3S-. The minimum atomic E-state index is -4.15. The Labute approximate surface area is 154 Å². The van der Waals surface area contributed by atoms with Gasteiger partial charge in [-0.3, -0.25) is 9.54 Å². The van der Waals surface area contributed by atoms with Crippen molar-refractivity contribution in [1.82, 2.24) is 15.0 Å². The van der Waals surface area contributed by atoms with Crippen LogP contribution in [0.25, 0.3) is 0 Å². The summed E-state index contributed by atoms with van der Waals surface area (Å²) < 4.78 is 29.0. The van der Waals surface area contributed by atoms with E-state index in [2.05, 4.69) is 27.1 Å². The Morgan fingerprint density at radius 1 is 1.00 bits per heavy atom. The average molecular weight is 521 g/mol. The molecule has 24 heavy (non-hydrogen) atoms. The molecule has 0 aliphatic rings. The molecule has 0 saturated carbocycles. The van der Waals surface area contributed by atoms with Crippen LogP contribution in [0.5, 0.6) is 0 Å². The summed E-state index contributed by atoms with van der Waals surface area (Å²) in [7, 11) is -4.15. The summed E-state index contributed by atoms with van der Waals surface area (Å²) in [6.45, 7) is 0. The fourth-order valence-corrected chi connectivity index (χ4v) is 2.08. The van der Waals surface area contributed by atoms with Gasteiger partial charge in [0.15, 0.2) is 5.03 Å². The number of hydrogen-bond acceptors (Lipinski definition) is 5. The Balaban J connectivity index is 0.000000238. The smallest absolute Gasteiger partial charge is 0.281 e. The van der Waals surface area contributed by atoms with Crippen LogP contribution in [0.3, 0.4) is 0 Å². The van der Waals surface area contributed by atoms with Crippen LogP contribution in [0, 0.1) is 6.07 Å². The SMILES string of the molecule is O=S(=O)(O)c1ccncn1.[Ir].[c-]1ccccc1Cc1ccccn1. The number of aromatic nitrogens is 3. The van der Waals surface area contributed by atoms with E-state index in [1.165, 1.54) is 11.8 Å². The van der Waals surface area contributed by atoms with Crippen LogP contribution in [0.2, 0.25) is 0 Å². The van der Waals surface area contributed by atoms with Gasteiger partial charge in [0.1, 0.15) is 6.33 Å². The van der Waals surface area contributed by atoms with Gasteiger partial charge >= 0.3 is 10.1 Å². The Kier molecular flexibility index (Phi) is 8.35. The molecule has 2 aromatic heterocycles. The standard InChI is InChI=1S/C12H10N.C4H4N2O3S.Ir/c1-2-6-11(7-3-1)10-12-8-4-5-9-13-12;7-10(8,9)4-1-2-5-3-6-4;/h1-6,8-9H,10H2;1-3H,(H,7,8,9);/q-1;;. The summed E-state index contributed by atoms with van der Waals surface area (Å²) in [5, 5.41) is -0.387. The van der Waals surface area contributed by atoms with Crippen LogP contribution in [0.4, 0.5) is 0 Å². The van der Waals surface area contributed by atoms with Crippen molar-refractivity contribution in [2.75, 3.05) is 0 Å². The second kappa shape index (κ2) is 10.00. The number of pyridine rings is 1. The van der Waals surface area contributed by atoms with E-state index < -0.39 is 10.1 Å². The van der Waals surface area contributed by atoms with Gasteiger partial charge in [-0.2, -0.15) is 44.3 Å². The summed E-state index contributed by atoms with van der Waals surface area (Å²) >= 11 is 0. The predicted molar refractivity (Wildman–Crippen MR) is 84.2 cm³/mol. The fraction of sp³-hybridized carbons (Fsp3) is 0.0625. The zero-order valence-corrected chi connectivity index (χ0v) is 15.6. The Hall–Kier alpha value is -1.99. The van der Waals surface area contributed by atoms with E-state index >= 15 is 0 Å². The first-order chi connectivity index (χ1) is 11.1. The van der Waals surface area contributed by atoms with Crippen LogP contribution < -0.4 is 0 Å². The van der Waals surface area contributed by atoms with E-state index in [-0.39, 0.29) is 25.1 Å². The van der Waals surface area contributed by atoms with Crippen LogP contribution in [-0.2, 0) is 36.6 Å². The van der Waals surface area contributed by atoms with Gasteiger partial charge in [0, 0.05) is 38.2 Å². The minimum absolute atomic E-state index is 0. The van der Waals surface area contributed by atoms with E-state index in [0.29, 0.717) is 0 Å². The molecule has 0 atom stereocenters. The van der Waals surface area contributed by atoms with Crippen LogP contribution >= 0.6 is 0 Å². The summed E-state index contributed by atoms with van der Waals surface area (Å²) in [6, 6.07) is 18.2. The molecule has 6 nitrogen and oxygen atoms in total. The monoisotopic (exact) mass is 521 g/mol. The van der Waals surface area contributed by atoms with E-state index in [0.717, 1.165) is 24.5 Å². The molecule has 8 heteroatoms. The second-order valence-corrected chi connectivity index (χ2v) is 5.78. The van der Waals surface area contributed by atoms with Gasteiger partial charge in [0.25, 0.3) is 0 Å². The van der Waals surface area contributed by atoms with Gasteiger partial charge in [0.05, 0.1) is 0 Å². The van der Waals surface area contributed by atoms with Crippen LogP contribution in [0.1, 0.15) is 11.3 Å². The predicted octanol–water partition coefficient (Wildman–Crippen LogP) is 2.19. The Bertz CT molecular complexity index is 779. The van der Waals surface area contributed by atoms with Crippen molar-refractivity contribution in [3.63, 3.8) is 0 Å². The summed E-state index contributed by atoms with van der Waals surface area (Å²) in [4.78, 5) is 11.0. The van der Waals surface area contributed by atoms with E-state index in [4.69, 9.17) is 4.55 Å². The molecule has 1 aromatic carbocycles. The molecule has 0 aliphatic carbocycles. The van der Waals surface area contributed by atoms with Crippen LogP contribution in [0.15, 0.2) is 72.3 Å². The zero-order valence-electron chi connectivity index (χ0n) is 12.4. The van der Waals surface area contributed by atoms with Gasteiger partial charge in [-0.15, -0.1) is 0 Å². The molecule has 0 amide bonds. The third kappa shape index (κ3) is 7.06. The molecule has 0 unspecified atom stereocenters. The third-order valence-corrected chi connectivity index (χ3v) is 3.46. The van der Waals surface area contributed by atoms with Gasteiger partial charge in [-0.25, -0.2) is 9.97 Å². The quantitative estimate of drug-likeness (QED) is 0.323. The van der Waals surface area contributed by atoms with Gasteiger partial charge in [-0.05, 0) is 24.6 Å². The van der Waals surface area contributed by atoms with Crippen molar-refractivity contribution < 1.29 is 33.1 Å². The molecule has 2 heterocycles. The maximum absolute atomic E-state index is 10.3. The second-order valence-electron chi connectivity index (χ2n) is 4.41.